The van der Waals surface area contributed by atoms with E-state index in [0.717, 1.165) is 12.8 Å². The van der Waals surface area contributed by atoms with E-state index in [9.17, 15) is 9.90 Å². The molecule has 2 aliphatic carbocycles. The van der Waals surface area contributed by atoms with Crippen molar-refractivity contribution in [1.29, 1.82) is 0 Å². The van der Waals surface area contributed by atoms with Crippen LogP contribution < -0.4 is 5.32 Å². The molecule has 2 N–H and O–H groups in total. The molecule has 2 rings (SSSR count). The lowest BCUT2D eigenvalue weighted by atomic mass is 9.73. The van der Waals surface area contributed by atoms with Crippen LogP contribution >= 0.6 is 0 Å². The Morgan fingerprint density at radius 2 is 1.94 bits per heavy atom. The van der Waals surface area contributed by atoms with Gasteiger partial charge in [0.25, 0.3) is 0 Å². The zero-order valence-corrected chi connectivity index (χ0v) is 9.87. The molecule has 0 aromatic carbocycles. The minimum Gasteiger partial charge on any atom is -0.480 e. The smallest absolute Gasteiger partial charge is 0.324 e. The first kappa shape index (κ1) is 11.9. The SMILES string of the molecule is COC1CC(NC2CCCCC2)(C(=O)O)C1. The van der Waals surface area contributed by atoms with Gasteiger partial charge < -0.3 is 9.84 Å². The first-order chi connectivity index (χ1) is 7.66. The molecule has 16 heavy (non-hydrogen) atoms. The molecule has 0 unspecified atom stereocenters. The maximum absolute atomic E-state index is 11.3. The van der Waals surface area contributed by atoms with Crippen LogP contribution in [0.1, 0.15) is 44.9 Å². The Balaban J connectivity index is 1.91. The summed E-state index contributed by atoms with van der Waals surface area (Å²) in [7, 11) is 1.65. The van der Waals surface area contributed by atoms with Crippen LogP contribution in [0.15, 0.2) is 0 Å². The molecule has 92 valence electrons. The third-order valence-corrected chi connectivity index (χ3v) is 3.98. The fourth-order valence-corrected chi connectivity index (χ4v) is 2.88. The Kier molecular flexibility index (Phi) is 3.50. The highest BCUT2D eigenvalue weighted by Crippen LogP contribution is 2.36. The van der Waals surface area contributed by atoms with E-state index in [2.05, 4.69) is 5.32 Å². The summed E-state index contributed by atoms with van der Waals surface area (Å²) in [6.45, 7) is 0. The number of hydrogen-bond acceptors (Lipinski definition) is 3. The van der Waals surface area contributed by atoms with Crippen molar-refractivity contribution >= 4 is 5.97 Å². The van der Waals surface area contributed by atoms with Gasteiger partial charge in [-0.2, -0.15) is 0 Å². The molecule has 0 amide bonds. The van der Waals surface area contributed by atoms with Crippen LogP contribution in [0.3, 0.4) is 0 Å². The van der Waals surface area contributed by atoms with E-state index in [1.165, 1.54) is 19.3 Å². The lowest BCUT2D eigenvalue weighted by molar-refractivity contribution is -0.157. The van der Waals surface area contributed by atoms with Crippen LogP contribution in [0.2, 0.25) is 0 Å². The highest BCUT2D eigenvalue weighted by molar-refractivity contribution is 5.80. The van der Waals surface area contributed by atoms with Crippen molar-refractivity contribution in [2.45, 2.75) is 62.6 Å². The second-order valence-electron chi connectivity index (χ2n) is 5.13. The highest BCUT2D eigenvalue weighted by atomic mass is 16.5. The van der Waals surface area contributed by atoms with Gasteiger partial charge in [-0.15, -0.1) is 0 Å². The number of methoxy groups -OCH3 is 1. The van der Waals surface area contributed by atoms with Crippen LogP contribution in [0.4, 0.5) is 0 Å². The fourth-order valence-electron chi connectivity index (χ4n) is 2.88. The highest BCUT2D eigenvalue weighted by Gasteiger charge is 2.51. The van der Waals surface area contributed by atoms with E-state index in [0.29, 0.717) is 18.9 Å². The largest absolute Gasteiger partial charge is 0.480 e. The topological polar surface area (TPSA) is 58.6 Å². The summed E-state index contributed by atoms with van der Waals surface area (Å²) in [5.41, 5.74) is -0.706. The third kappa shape index (κ3) is 2.23. The van der Waals surface area contributed by atoms with Gasteiger partial charge in [0.15, 0.2) is 0 Å². The molecule has 2 aliphatic rings. The Morgan fingerprint density at radius 3 is 2.44 bits per heavy atom. The van der Waals surface area contributed by atoms with Crippen molar-refractivity contribution in [2.75, 3.05) is 7.11 Å². The molecular formula is C12H21NO3. The fraction of sp³-hybridized carbons (Fsp3) is 0.917. The molecule has 0 radical (unpaired) electrons. The Hall–Kier alpha value is -0.610. The van der Waals surface area contributed by atoms with Crippen LogP contribution in [0.5, 0.6) is 0 Å². The van der Waals surface area contributed by atoms with Crippen LogP contribution in [-0.2, 0) is 9.53 Å². The molecular weight excluding hydrogens is 206 g/mol. The lowest BCUT2D eigenvalue weighted by Crippen LogP contribution is -2.65. The number of carbonyl (C=O) groups is 1. The summed E-state index contributed by atoms with van der Waals surface area (Å²) < 4.78 is 5.18. The number of carboxylic acid groups (broad SMARTS) is 1. The molecule has 0 saturated heterocycles. The van der Waals surface area contributed by atoms with Crippen LogP contribution in [0.25, 0.3) is 0 Å². The first-order valence-corrected chi connectivity index (χ1v) is 6.20. The monoisotopic (exact) mass is 227 g/mol. The molecule has 2 saturated carbocycles. The van der Waals surface area contributed by atoms with Gasteiger partial charge in [-0.05, 0) is 12.8 Å². The van der Waals surface area contributed by atoms with E-state index < -0.39 is 11.5 Å². The molecule has 2 fully saturated rings. The minimum absolute atomic E-state index is 0.118. The van der Waals surface area contributed by atoms with E-state index in [1.807, 2.05) is 0 Å². The Morgan fingerprint density at radius 1 is 1.31 bits per heavy atom. The molecule has 0 atom stereocenters. The van der Waals surface area contributed by atoms with E-state index in [1.54, 1.807) is 7.11 Å². The first-order valence-electron chi connectivity index (χ1n) is 6.20. The number of ether oxygens (including phenoxy) is 1. The summed E-state index contributed by atoms with van der Waals surface area (Å²) >= 11 is 0. The van der Waals surface area contributed by atoms with Gasteiger partial charge in [0, 0.05) is 26.0 Å². The molecule has 0 bridgehead atoms. The average Bonchev–Trinajstić information content (AvgIpc) is 2.23. The van der Waals surface area contributed by atoms with Crippen molar-refractivity contribution in [3.63, 3.8) is 0 Å². The predicted molar refractivity (Wildman–Crippen MR) is 60.4 cm³/mol. The van der Waals surface area contributed by atoms with Crippen molar-refractivity contribution in [1.82, 2.24) is 5.32 Å². The van der Waals surface area contributed by atoms with Crippen LogP contribution in [0, 0.1) is 0 Å². The molecule has 0 spiro atoms. The second-order valence-corrected chi connectivity index (χ2v) is 5.13. The van der Waals surface area contributed by atoms with Gasteiger partial charge in [-0.3, -0.25) is 10.1 Å². The number of hydrogen-bond donors (Lipinski definition) is 2. The van der Waals surface area contributed by atoms with Gasteiger partial charge in [0.2, 0.25) is 0 Å². The van der Waals surface area contributed by atoms with E-state index in [4.69, 9.17) is 4.74 Å². The quantitative estimate of drug-likeness (QED) is 0.765. The normalized spacial score (nSPS) is 35.7. The maximum atomic E-state index is 11.3. The van der Waals surface area contributed by atoms with Crippen LogP contribution in [-0.4, -0.2) is 35.9 Å². The minimum atomic E-state index is -0.716. The zero-order chi connectivity index (χ0) is 11.6. The molecule has 0 aliphatic heterocycles. The molecule has 0 aromatic heterocycles. The van der Waals surface area contributed by atoms with Gasteiger partial charge in [0.1, 0.15) is 5.54 Å². The van der Waals surface area contributed by atoms with Gasteiger partial charge in [-0.1, -0.05) is 19.3 Å². The van der Waals surface area contributed by atoms with Gasteiger partial charge in [0.05, 0.1) is 6.10 Å². The van der Waals surface area contributed by atoms with Crippen molar-refractivity contribution in [3.05, 3.63) is 0 Å². The Bertz CT molecular complexity index is 255. The van der Waals surface area contributed by atoms with Crippen molar-refractivity contribution in [2.24, 2.45) is 0 Å². The number of rotatable bonds is 4. The standard InChI is InChI=1S/C12H21NO3/c1-16-10-7-12(8-10,11(14)15)13-9-5-3-2-4-6-9/h9-10,13H,2-8H2,1H3,(H,14,15). The van der Waals surface area contributed by atoms with Gasteiger partial charge in [-0.25, -0.2) is 0 Å². The summed E-state index contributed by atoms with van der Waals surface area (Å²) in [6.07, 6.45) is 7.30. The number of carboxylic acids is 1. The summed E-state index contributed by atoms with van der Waals surface area (Å²) in [4.78, 5) is 11.3. The zero-order valence-electron chi connectivity index (χ0n) is 9.87. The maximum Gasteiger partial charge on any atom is 0.324 e. The van der Waals surface area contributed by atoms with Crippen molar-refractivity contribution < 1.29 is 14.6 Å². The summed E-state index contributed by atoms with van der Waals surface area (Å²) in [6, 6.07) is 0.391. The average molecular weight is 227 g/mol. The van der Waals surface area contributed by atoms with Gasteiger partial charge >= 0.3 is 5.97 Å². The summed E-state index contributed by atoms with van der Waals surface area (Å²) in [5, 5.41) is 12.7. The van der Waals surface area contributed by atoms with E-state index >= 15 is 0 Å². The van der Waals surface area contributed by atoms with E-state index in [-0.39, 0.29) is 6.10 Å². The number of aliphatic carboxylic acids is 1. The molecule has 4 heteroatoms. The van der Waals surface area contributed by atoms with Crippen molar-refractivity contribution in [3.8, 4) is 0 Å². The number of nitrogens with one attached hydrogen (secondary N) is 1. The predicted octanol–water partition coefficient (Wildman–Crippen LogP) is 1.54. The lowest BCUT2D eigenvalue weighted by Gasteiger charge is -2.46. The summed E-state index contributed by atoms with van der Waals surface area (Å²) in [5.74, 6) is -0.716. The third-order valence-electron chi connectivity index (χ3n) is 3.98. The Labute approximate surface area is 96.4 Å². The molecule has 0 heterocycles. The molecule has 4 nitrogen and oxygen atoms in total. The second kappa shape index (κ2) is 4.72. The molecule has 0 aromatic rings.